The maximum Gasteiger partial charge on any atom is 0.256 e. The number of hydrogen-bond acceptors (Lipinski definition) is 4. The molecular weight excluding hydrogens is 442 g/mol. The Morgan fingerprint density at radius 2 is 1.63 bits per heavy atom. The van der Waals surface area contributed by atoms with Crippen LogP contribution in [0.25, 0.3) is 11.6 Å². The van der Waals surface area contributed by atoms with E-state index in [1.807, 2.05) is 30.3 Å². The van der Waals surface area contributed by atoms with Crippen LogP contribution in [0, 0.1) is 0 Å². The molecule has 3 aromatic rings. The van der Waals surface area contributed by atoms with Crippen molar-refractivity contribution in [2.45, 2.75) is 38.5 Å². The zero-order valence-electron chi connectivity index (χ0n) is 19.4. The molecule has 4 rings (SSSR count). The summed E-state index contributed by atoms with van der Waals surface area (Å²) in [7, 11) is 0. The first kappa shape index (κ1) is 23.8. The number of nitrogens with one attached hydrogen (secondary N) is 4. The highest BCUT2D eigenvalue weighted by molar-refractivity contribution is 6.35. The zero-order valence-corrected chi connectivity index (χ0v) is 19.4. The lowest BCUT2D eigenvalue weighted by Crippen LogP contribution is -2.12. The van der Waals surface area contributed by atoms with Gasteiger partial charge >= 0.3 is 0 Å². The van der Waals surface area contributed by atoms with E-state index in [2.05, 4.69) is 20.9 Å². The molecule has 0 unspecified atom stereocenters. The number of carbonyl (C=O) groups is 3. The third kappa shape index (κ3) is 6.38. The molecule has 2 heterocycles. The highest BCUT2D eigenvalue weighted by atomic mass is 16.2. The molecule has 0 spiro atoms. The quantitative estimate of drug-likeness (QED) is 0.162. The first-order valence-corrected chi connectivity index (χ1v) is 11.7. The van der Waals surface area contributed by atoms with E-state index in [-0.39, 0.29) is 17.7 Å². The molecule has 180 valence electrons. The van der Waals surface area contributed by atoms with E-state index in [1.54, 1.807) is 36.5 Å². The van der Waals surface area contributed by atoms with E-state index >= 15 is 0 Å². The summed E-state index contributed by atoms with van der Waals surface area (Å²) in [4.78, 5) is 39.9. The lowest BCUT2D eigenvalue weighted by atomic mass is 10.0. The average Bonchev–Trinajstić information content (AvgIpc) is 3.46. The summed E-state index contributed by atoms with van der Waals surface area (Å²) in [5.41, 5.74) is 10.5. The van der Waals surface area contributed by atoms with Gasteiger partial charge in [0.1, 0.15) is 0 Å². The number of H-pyrrole nitrogens is 1. The maximum absolute atomic E-state index is 12.4. The number of carbonyl (C=O) groups excluding carboxylic acids is 3. The summed E-state index contributed by atoms with van der Waals surface area (Å²) in [6, 6.07) is 16.3. The molecule has 0 atom stereocenters. The number of unbranched alkanes of at least 4 members (excludes halogenated alkanes) is 3. The predicted octanol–water partition coefficient (Wildman–Crippen LogP) is 5.01. The molecular formula is C27H29N5O3. The molecule has 2 aromatic carbocycles. The lowest BCUT2D eigenvalue weighted by Gasteiger charge is -2.08. The molecule has 0 bridgehead atoms. The van der Waals surface area contributed by atoms with E-state index in [4.69, 9.17) is 5.73 Å². The van der Waals surface area contributed by atoms with Gasteiger partial charge in [0, 0.05) is 41.7 Å². The number of anilines is 4. The van der Waals surface area contributed by atoms with Gasteiger partial charge in [-0.15, -0.1) is 0 Å². The van der Waals surface area contributed by atoms with E-state index in [9.17, 15) is 14.4 Å². The number of amides is 3. The standard InChI is InChI=1S/C27H29N5O3/c28-22-9-5-6-10-24(22)31-26(34)12-4-2-1-3-11-25(33)30-19-13-14-23-20(17-19)21(27(35)32-23)16-18-8-7-15-29-18/h5-10,13-17,29H,1-4,11-12,28H2,(H,30,33)(H,31,34)(H,32,35)/b21-16-. The molecule has 0 saturated carbocycles. The molecule has 0 fully saturated rings. The van der Waals surface area contributed by atoms with Crippen LogP contribution in [0.5, 0.6) is 0 Å². The van der Waals surface area contributed by atoms with Gasteiger partial charge in [-0.1, -0.05) is 25.0 Å². The largest absolute Gasteiger partial charge is 0.397 e. The van der Waals surface area contributed by atoms with Crippen molar-refractivity contribution < 1.29 is 14.4 Å². The Bertz CT molecular complexity index is 1250. The molecule has 3 amide bonds. The Balaban J connectivity index is 1.19. The van der Waals surface area contributed by atoms with Crippen molar-refractivity contribution in [2.75, 3.05) is 21.7 Å². The van der Waals surface area contributed by atoms with Gasteiger partial charge in [-0.25, -0.2) is 0 Å². The Kier molecular flexibility index (Phi) is 7.62. The maximum atomic E-state index is 12.4. The van der Waals surface area contributed by atoms with Crippen molar-refractivity contribution in [2.24, 2.45) is 0 Å². The second-order valence-corrected chi connectivity index (χ2v) is 8.50. The van der Waals surface area contributed by atoms with Crippen LogP contribution in [0.2, 0.25) is 0 Å². The minimum Gasteiger partial charge on any atom is -0.397 e. The van der Waals surface area contributed by atoms with Gasteiger partial charge in [-0.3, -0.25) is 14.4 Å². The van der Waals surface area contributed by atoms with Crippen LogP contribution in [0.1, 0.15) is 49.8 Å². The monoisotopic (exact) mass is 471 g/mol. The van der Waals surface area contributed by atoms with Crippen LogP contribution in [-0.4, -0.2) is 22.7 Å². The second-order valence-electron chi connectivity index (χ2n) is 8.50. The third-order valence-electron chi connectivity index (χ3n) is 5.80. The number of nitrogens with two attached hydrogens (primary N) is 1. The Hall–Kier alpha value is -4.33. The Morgan fingerprint density at radius 3 is 2.34 bits per heavy atom. The van der Waals surface area contributed by atoms with Gasteiger partial charge in [-0.2, -0.15) is 0 Å². The van der Waals surface area contributed by atoms with Gasteiger partial charge < -0.3 is 26.7 Å². The number of aromatic nitrogens is 1. The predicted molar refractivity (Wildman–Crippen MR) is 140 cm³/mol. The van der Waals surface area contributed by atoms with Crippen LogP contribution in [0.3, 0.4) is 0 Å². The van der Waals surface area contributed by atoms with Crippen molar-refractivity contribution in [3.63, 3.8) is 0 Å². The number of para-hydroxylation sites is 2. The number of hydrogen-bond donors (Lipinski definition) is 5. The molecule has 0 radical (unpaired) electrons. The van der Waals surface area contributed by atoms with Crippen LogP contribution in [-0.2, 0) is 14.4 Å². The number of fused-ring (bicyclic) bond motifs is 1. The van der Waals surface area contributed by atoms with Crippen LogP contribution < -0.4 is 21.7 Å². The SMILES string of the molecule is Nc1ccccc1NC(=O)CCCCCCC(=O)Nc1ccc2c(c1)/C(=C/c1ccc[nH]1)C(=O)N2. The summed E-state index contributed by atoms with van der Waals surface area (Å²) < 4.78 is 0. The molecule has 1 aliphatic heterocycles. The topological polar surface area (TPSA) is 129 Å². The highest BCUT2D eigenvalue weighted by Gasteiger charge is 2.24. The van der Waals surface area contributed by atoms with Gasteiger partial charge in [0.2, 0.25) is 11.8 Å². The lowest BCUT2D eigenvalue weighted by molar-refractivity contribution is -0.117. The van der Waals surface area contributed by atoms with E-state index in [0.29, 0.717) is 35.5 Å². The van der Waals surface area contributed by atoms with Crippen LogP contribution in [0.15, 0.2) is 60.8 Å². The third-order valence-corrected chi connectivity index (χ3v) is 5.80. The molecule has 1 aromatic heterocycles. The van der Waals surface area contributed by atoms with Crippen molar-refractivity contribution in [1.82, 2.24) is 4.98 Å². The first-order valence-electron chi connectivity index (χ1n) is 11.7. The summed E-state index contributed by atoms with van der Waals surface area (Å²) in [5, 5.41) is 8.59. The minimum atomic E-state index is -0.168. The van der Waals surface area contributed by atoms with Crippen molar-refractivity contribution >= 4 is 52.1 Å². The number of nitrogen functional groups attached to an aromatic ring is 1. The summed E-state index contributed by atoms with van der Waals surface area (Å²) in [5.74, 6) is -0.302. The zero-order chi connectivity index (χ0) is 24.6. The summed E-state index contributed by atoms with van der Waals surface area (Å²) in [6.45, 7) is 0. The molecule has 8 nitrogen and oxygen atoms in total. The Labute approximate surface area is 204 Å². The van der Waals surface area contributed by atoms with Crippen molar-refractivity contribution in [3.8, 4) is 0 Å². The fourth-order valence-corrected chi connectivity index (χ4v) is 3.97. The van der Waals surface area contributed by atoms with Gasteiger partial charge in [-0.05, 0) is 61.4 Å². The molecule has 6 N–H and O–H groups in total. The van der Waals surface area contributed by atoms with Gasteiger partial charge in [0.05, 0.1) is 16.9 Å². The normalized spacial score (nSPS) is 13.4. The van der Waals surface area contributed by atoms with Gasteiger partial charge in [0.15, 0.2) is 0 Å². The fraction of sp³-hybridized carbons (Fsp3) is 0.222. The van der Waals surface area contributed by atoms with Crippen LogP contribution >= 0.6 is 0 Å². The minimum absolute atomic E-state index is 0.0603. The summed E-state index contributed by atoms with van der Waals surface area (Å²) >= 11 is 0. The number of aromatic amines is 1. The van der Waals surface area contributed by atoms with E-state index in [0.717, 1.165) is 42.6 Å². The molecule has 0 saturated heterocycles. The smallest absolute Gasteiger partial charge is 0.256 e. The van der Waals surface area contributed by atoms with E-state index in [1.165, 1.54) is 0 Å². The molecule has 0 aliphatic carbocycles. The summed E-state index contributed by atoms with van der Waals surface area (Å²) in [6.07, 6.45) is 7.62. The average molecular weight is 472 g/mol. The number of benzene rings is 2. The van der Waals surface area contributed by atoms with E-state index < -0.39 is 0 Å². The molecule has 8 heteroatoms. The van der Waals surface area contributed by atoms with Crippen molar-refractivity contribution in [1.29, 1.82) is 0 Å². The fourth-order valence-electron chi connectivity index (χ4n) is 3.97. The number of rotatable bonds is 10. The molecule has 35 heavy (non-hydrogen) atoms. The van der Waals surface area contributed by atoms with Crippen molar-refractivity contribution in [3.05, 3.63) is 72.1 Å². The highest BCUT2D eigenvalue weighted by Crippen LogP contribution is 2.35. The second kappa shape index (κ2) is 11.2. The van der Waals surface area contributed by atoms with Crippen LogP contribution in [0.4, 0.5) is 22.7 Å². The molecule has 1 aliphatic rings. The first-order chi connectivity index (χ1) is 17.0. The van der Waals surface area contributed by atoms with Gasteiger partial charge in [0.25, 0.3) is 5.91 Å². The Morgan fingerprint density at radius 1 is 0.886 bits per heavy atom.